The number of carbonyl (C=O) groups excluding carboxylic acids is 2. The lowest BCUT2D eigenvalue weighted by molar-refractivity contribution is -0.144. The van der Waals surface area contributed by atoms with Crippen molar-refractivity contribution < 1.29 is 19.1 Å². The van der Waals surface area contributed by atoms with E-state index in [9.17, 15) is 9.59 Å². The molecule has 0 saturated carbocycles. The number of rotatable bonds is 11. The van der Waals surface area contributed by atoms with Crippen LogP contribution < -0.4 is 10.6 Å². The van der Waals surface area contributed by atoms with Gasteiger partial charge in [0.1, 0.15) is 6.04 Å². The van der Waals surface area contributed by atoms with Gasteiger partial charge < -0.3 is 20.1 Å². The maximum atomic E-state index is 11.8. The number of nitrogens with one attached hydrogen (secondary N) is 2. The van der Waals surface area contributed by atoms with E-state index in [4.69, 9.17) is 9.47 Å². The molecular weight excluding hydrogens is 272 g/mol. The third kappa shape index (κ3) is 9.28. The fourth-order valence-electron chi connectivity index (χ4n) is 1.71. The van der Waals surface area contributed by atoms with Crippen LogP contribution in [0.25, 0.3) is 0 Å². The van der Waals surface area contributed by atoms with Gasteiger partial charge in [-0.2, -0.15) is 0 Å². The van der Waals surface area contributed by atoms with E-state index in [-0.39, 0.29) is 11.9 Å². The zero-order valence-electron chi connectivity index (χ0n) is 13.7. The number of amides is 2. The average molecular weight is 302 g/mol. The molecule has 21 heavy (non-hydrogen) atoms. The summed E-state index contributed by atoms with van der Waals surface area (Å²) in [5.41, 5.74) is 0. The fourth-order valence-corrected chi connectivity index (χ4v) is 1.71. The molecule has 0 saturated heterocycles. The molecule has 2 atom stereocenters. The molecule has 0 fully saturated rings. The minimum absolute atomic E-state index is 0.0283. The molecule has 2 N–H and O–H groups in total. The van der Waals surface area contributed by atoms with Crippen molar-refractivity contribution in [2.24, 2.45) is 5.92 Å². The van der Waals surface area contributed by atoms with Gasteiger partial charge in [-0.1, -0.05) is 33.6 Å². The highest BCUT2D eigenvalue weighted by Crippen LogP contribution is 2.08. The fraction of sp³-hybridized carbons (Fsp3) is 0.867. The van der Waals surface area contributed by atoms with E-state index in [1.165, 1.54) is 7.11 Å². The lowest BCUT2D eigenvalue weighted by Gasteiger charge is -2.22. The van der Waals surface area contributed by atoms with Gasteiger partial charge in [0.25, 0.3) is 0 Å². The molecule has 0 rings (SSSR count). The highest BCUT2D eigenvalue weighted by molar-refractivity contribution is 5.83. The van der Waals surface area contributed by atoms with Gasteiger partial charge in [0, 0.05) is 19.8 Å². The summed E-state index contributed by atoms with van der Waals surface area (Å²) in [6, 6.07) is -0.958. The maximum absolute atomic E-state index is 11.8. The Bertz CT molecular complexity index is 297. The van der Waals surface area contributed by atoms with Crippen LogP contribution in [0.5, 0.6) is 0 Å². The Morgan fingerprint density at radius 2 is 1.81 bits per heavy atom. The molecular formula is C15H30N2O4. The van der Waals surface area contributed by atoms with E-state index in [1.54, 1.807) is 0 Å². The zero-order valence-corrected chi connectivity index (χ0v) is 13.7. The Morgan fingerprint density at radius 3 is 2.38 bits per heavy atom. The van der Waals surface area contributed by atoms with E-state index in [0.717, 1.165) is 32.3 Å². The van der Waals surface area contributed by atoms with Gasteiger partial charge in [-0.3, -0.25) is 0 Å². The van der Waals surface area contributed by atoms with Gasteiger partial charge in [-0.15, -0.1) is 0 Å². The Morgan fingerprint density at radius 1 is 1.14 bits per heavy atom. The van der Waals surface area contributed by atoms with Gasteiger partial charge in [-0.25, -0.2) is 9.59 Å². The van der Waals surface area contributed by atoms with E-state index < -0.39 is 12.0 Å². The second kappa shape index (κ2) is 12.4. The van der Waals surface area contributed by atoms with E-state index >= 15 is 0 Å². The molecule has 2 amide bonds. The summed E-state index contributed by atoms with van der Waals surface area (Å²) in [4.78, 5) is 23.4. The first-order valence-corrected chi connectivity index (χ1v) is 7.76. The summed E-state index contributed by atoms with van der Waals surface area (Å²) in [7, 11) is 1.32. The van der Waals surface area contributed by atoms with Crippen molar-refractivity contribution in [1.29, 1.82) is 0 Å². The smallest absolute Gasteiger partial charge is 0.328 e. The van der Waals surface area contributed by atoms with Crippen LogP contribution in [0, 0.1) is 5.92 Å². The van der Waals surface area contributed by atoms with Crippen LogP contribution in [0.4, 0.5) is 4.79 Å². The minimum atomic E-state index is -0.610. The van der Waals surface area contributed by atoms with Crippen LogP contribution in [-0.4, -0.2) is 44.9 Å². The number of methoxy groups -OCH3 is 1. The average Bonchev–Trinajstić information content (AvgIpc) is 2.50. The van der Waals surface area contributed by atoms with Crippen LogP contribution >= 0.6 is 0 Å². The summed E-state index contributed by atoms with van der Waals surface area (Å²) in [6.45, 7) is 7.90. The minimum Gasteiger partial charge on any atom is -0.467 e. The number of ether oxygens (including phenoxy) is 2. The molecule has 6 nitrogen and oxygen atoms in total. The summed E-state index contributed by atoms with van der Waals surface area (Å²) in [6.07, 6.45) is 3.71. The predicted octanol–water partition coefficient (Wildman–Crippen LogP) is 2.08. The van der Waals surface area contributed by atoms with Crippen molar-refractivity contribution in [3.63, 3.8) is 0 Å². The molecule has 0 bridgehead atoms. The number of esters is 1. The van der Waals surface area contributed by atoms with E-state index in [2.05, 4.69) is 17.6 Å². The first-order valence-electron chi connectivity index (χ1n) is 7.76. The third-order valence-electron chi connectivity index (χ3n) is 3.35. The Hall–Kier alpha value is -1.30. The second-order valence-electron chi connectivity index (χ2n) is 5.11. The molecule has 0 aliphatic rings. The van der Waals surface area contributed by atoms with Crippen molar-refractivity contribution >= 4 is 12.0 Å². The number of carbonyl (C=O) groups is 2. The van der Waals surface area contributed by atoms with Crippen LogP contribution in [0.3, 0.4) is 0 Å². The van der Waals surface area contributed by atoms with Crippen LogP contribution in [-0.2, 0) is 14.3 Å². The Labute approximate surface area is 127 Å². The molecule has 0 aliphatic heterocycles. The van der Waals surface area contributed by atoms with E-state index in [1.807, 2.05) is 13.8 Å². The zero-order chi connectivity index (χ0) is 16.1. The first-order chi connectivity index (χ1) is 10.1. The lowest BCUT2D eigenvalue weighted by atomic mass is 9.99. The molecule has 0 aromatic carbocycles. The van der Waals surface area contributed by atoms with Crippen molar-refractivity contribution in [2.75, 3.05) is 26.9 Å². The monoisotopic (exact) mass is 302 g/mol. The van der Waals surface area contributed by atoms with Gasteiger partial charge in [0.2, 0.25) is 0 Å². The van der Waals surface area contributed by atoms with E-state index in [0.29, 0.717) is 13.2 Å². The molecule has 0 unspecified atom stereocenters. The number of urea groups is 1. The van der Waals surface area contributed by atoms with Crippen LogP contribution in [0.15, 0.2) is 0 Å². The summed E-state index contributed by atoms with van der Waals surface area (Å²) in [5, 5.41) is 5.39. The normalized spacial score (nSPS) is 13.3. The Kier molecular flexibility index (Phi) is 11.7. The highest BCUT2D eigenvalue weighted by Gasteiger charge is 2.26. The molecule has 124 valence electrons. The summed E-state index contributed by atoms with van der Waals surface area (Å²) < 4.78 is 10.1. The Balaban J connectivity index is 3.91. The van der Waals surface area contributed by atoms with Crippen LogP contribution in [0.2, 0.25) is 0 Å². The third-order valence-corrected chi connectivity index (χ3v) is 3.35. The molecule has 6 heteroatoms. The van der Waals surface area contributed by atoms with Gasteiger partial charge >= 0.3 is 12.0 Å². The summed E-state index contributed by atoms with van der Waals surface area (Å²) in [5.74, 6) is -0.386. The number of unbranched alkanes of at least 4 members (excludes halogenated alkanes) is 1. The SMILES string of the molecule is CCCCOCCCNC(=O)N[C@H](C(=O)OC)[C@H](C)CC. The molecule has 0 aromatic rings. The largest absolute Gasteiger partial charge is 0.467 e. The second-order valence-corrected chi connectivity index (χ2v) is 5.11. The number of hydrogen-bond acceptors (Lipinski definition) is 4. The van der Waals surface area contributed by atoms with Crippen molar-refractivity contribution in [3.05, 3.63) is 0 Å². The predicted molar refractivity (Wildman–Crippen MR) is 82.1 cm³/mol. The topological polar surface area (TPSA) is 76.7 Å². The standard InChI is InChI=1S/C15H30N2O4/c1-5-7-10-21-11-8-9-16-15(19)17-13(12(3)6-2)14(18)20-4/h12-13H,5-11H2,1-4H3,(H2,16,17,19)/t12-,13+/m1/s1. The quantitative estimate of drug-likeness (QED) is 0.452. The molecule has 0 heterocycles. The highest BCUT2D eigenvalue weighted by atomic mass is 16.5. The first kappa shape index (κ1) is 19.7. The van der Waals surface area contributed by atoms with Crippen molar-refractivity contribution in [3.8, 4) is 0 Å². The molecule has 0 aliphatic carbocycles. The van der Waals surface area contributed by atoms with Gasteiger partial charge in [-0.05, 0) is 18.8 Å². The molecule has 0 radical (unpaired) electrons. The summed E-state index contributed by atoms with van der Waals surface area (Å²) >= 11 is 0. The van der Waals surface area contributed by atoms with Gasteiger partial charge in [0.15, 0.2) is 0 Å². The van der Waals surface area contributed by atoms with Crippen LogP contribution in [0.1, 0.15) is 46.5 Å². The number of hydrogen-bond donors (Lipinski definition) is 2. The van der Waals surface area contributed by atoms with Crippen molar-refractivity contribution in [2.45, 2.75) is 52.5 Å². The lowest BCUT2D eigenvalue weighted by Crippen LogP contribution is -2.49. The van der Waals surface area contributed by atoms with Gasteiger partial charge in [0.05, 0.1) is 7.11 Å². The molecule has 0 aromatic heterocycles. The maximum Gasteiger partial charge on any atom is 0.328 e. The van der Waals surface area contributed by atoms with Crippen molar-refractivity contribution in [1.82, 2.24) is 10.6 Å². The molecule has 0 spiro atoms.